The van der Waals surface area contributed by atoms with Gasteiger partial charge in [-0.2, -0.15) is 0 Å². The van der Waals surface area contributed by atoms with Crippen molar-refractivity contribution in [3.8, 4) is 0 Å². The Morgan fingerprint density at radius 1 is 0.370 bits per heavy atom. The summed E-state index contributed by atoms with van der Waals surface area (Å²) in [5.74, 6) is -2.35. The van der Waals surface area contributed by atoms with E-state index in [0.717, 1.165) is 141 Å². The van der Waals surface area contributed by atoms with Crippen molar-refractivity contribution in [3.63, 3.8) is 0 Å². The van der Waals surface area contributed by atoms with Crippen molar-refractivity contribution in [3.05, 3.63) is 170 Å². The van der Waals surface area contributed by atoms with Crippen molar-refractivity contribution in [1.29, 1.82) is 0 Å². The van der Waals surface area contributed by atoms with Crippen molar-refractivity contribution in [2.75, 3.05) is 47.5 Å². The van der Waals surface area contributed by atoms with Crippen LogP contribution in [0.15, 0.2) is 170 Å². The minimum Gasteiger partial charge on any atom is -0.545 e. The fourth-order valence-electron chi connectivity index (χ4n) is 7.73. The van der Waals surface area contributed by atoms with E-state index < -0.39 is 30.3 Å². The molecule has 0 heterocycles. The maximum Gasteiger partial charge on any atom is 0.306 e. The first-order valence-corrected chi connectivity index (χ1v) is 31.3. The van der Waals surface area contributed by atoms with E-state index in [-0.39, 0.29) is 32.7 Å². The minimum absolute atomic E-state index is 0.132. The van der Waals surface area contributed by atoms with Gasteiger partial charge in [-0.25, -0.2) is 0 Å². The van der Waals surface area contributed by atoms with Crippen LogP contribution >= 0.6 is 0 Å². The van der Waals surface area contributed by atoms with Gasteiger partial charge in [0, 0.05) is 12.8 Å². The second kappa shape index (κ2) is 60.7. The number of ether oxygens (including phenoxy) is 4. The maximum absolute atomic E-state index is 12.9. The Balaban J connectivity index is 4.24. The van der Waals surface area contributed by atoms with E-state index in [2.05, 4.69) is 184 Å². The molecule has 0 aliphatic heterocycles. The fraction of sp³-hybridized carbons (Fsp3) is 0.569. The summed E-state index contributed by atoms with van der Waals surface area (Å²) in [6.07, 6.45) is 88.4. The standard InChI is InChI=1S/C72H113NO8/c1-6-8-10-12-14-16-18-20-22-24-25-26-27-28-29-30-31-32-33-34-35-36-37-38-39-40-41-42-43-44-45-47-49-51-53-55-57-59-61-63-70(75)81-68(67-80-72(71(76)77)78-65-64-73(3,4)5)66-79-69(74)62-60-58-56-54-52-50-48-46-23-21-19-17-15-13-11-9-7-2/h8-11,14-17,20-23,25-26,28-29,31-32,34-35,37-38,40-41,43-44,48,50,68,72H,6-7,12-13,18-19,24,27,30,33,36,39,42,45-47,49,51-67H2,1-5H3/b10-8-,11-9-,16-14-,17-15-,22-20-,23-21-,26-25-,29-28-,32-31-,35-34-,38-37-,41-40-,44-43-,50-48-. The second-order valence-corrected chi connectivity index (χ2v) is 21.2. The molecule has 0 aromatic heterocycles. The molecule has 9 heteroatoms. The van der Waals surface area contributed by atoms with E-state index in [0.29, 0.717) is 23.9 Å². The number of hydrogen-bond donors (Lipinski definition) is 0. The number of quaternary nitrogens is 1. The van der Waals surface area contributed by atoms with Crippen LogP contribution in [0, 0.1) is 0 Å². The Bertz CT molecular complexity index is 1930. The number of unbranched alkanes of at least 4 members (excludes halogenated alkanes) is 12. The number of allylic oxidation sites excluding steroid dienone is 28. The summed E-state index contributed by atoms with van der Waals surface area (Å²) in [5.41, 5.74) is 0. The van der Waals surface area contributed by atoms with Crippen LogP contribution in [0.3, 0.4) is 0 Å². The molecule has 0 fully saturated rings. The summed E-state index contributed by atoms with van der Waals surface area (Å²) in [6.45, 7) is 4.45. The van der Waals surface area contributed by atoms with Crippen molar-refractivity contribution in [1.82, 2.24) is 0 Å². The van der Waals surface area contributed by atoms with Crippen LogP contribution in [0.2, 0.25) is 0 Å². The SMILES string of the molecule is CC/C=C\C/C=C\C/C=C\C/C=C\C/C=C\C/C=C\C/C=C\C/C=C\C/C=C\C/C=C\CCCCCCCCCCC(=O)OC(COC(=O)CCCCCC/C=C\C/C=C\C/C=C\C/C=C\CC)COC(OCC[N+](C)(C)C)C(=O)[O-]. The topological polar surface area (TPSA) is 111 Å². The molecule has 0 aliphatic rings. The van der Waals surface area contributed by atoms with Crippen LogP contribution in [0.25, 0.3) is 0 Å². The lowest BCUT2D eigenvalue weighted by Crippen LogP contribution is -2.44. The van der Waals surface area contributed by atoms with Gasteiger partial charge in [-0.05, 0) is 128 Å². The third-order valence-corrected chi connectivity index (χ3v) is 12.5. The highest BCUT2D eigenvalue weighted by Gasteiger charge is 2.22. The third-order valence-electron chi connectivity index (χ3n) is 12.5. The molecule has 0 spiro atoms. The summed E-state index contributed by atoms with van der Waals surface area (Å²) in [7, 11) is 5.90. The molecule has 0 radical (unpaired) electrons. The average molecular weight is 1120 g/mol. The van der Waals surface area contributed by atoms with Crippen LogP contribution in [-0.2, 0) is 33.3 Å². The minimum atomic E-state index is -1.64. The van der Waals surface area contributed by atoms with E-state index in [9.17, 15) is 19.5 Å². The molecule has 0 amide bonds. The lowest BCUT2D eigenvalue weighted by atomic mass is 10.1. The van der Waals surface area contributed by atoms with Gasteiger partial charge in [0.25, 0.3) is 0 Å². The van der Waals surface area contributed by atoms with Crippen LogP contribution in [-0.4, -0.2) is 82.3 Å². The Hall–Kier alpha value is -5.35. The van der Waals surface area contributed by atoms with Gasteiger partial charge in [-0.1, -0.05) is 235 Å². The Kier molecular flexibility index (Phi) is 56.7. The number of carbonyl (C=O) groups excluding carboxylic acids is 3. The zero-order valence-corrected chi connectivity index (χ0v) is 51.6. The Morgan fingerprint density at radius 3 is 0.988 bits per heavy atom. The summed E-state index contributed by atoms with van der Waals surface area (Å²) >= 11 is 0. The highest BCUT2D eigenvalue weighted by atomic mass is 16.7. The predicted molar refractivity (Wildman–Crippen MR) is 342 cm³/mol. The first-order chi connectivity index (χ1) is 39.6. The van der Waals surface area contributed by atoms with Crippen molar-refractivity contribution in [2.24, 2.45) is 0 Å². The summed E-state index contributed by atoms with van der Waals surface area (Å²) in [5, 5.41) is 11.8. The van der Waals surface area contributed by atoms with Crippen molar-refractivity contribution >= 4 is 17.9 Å². The number of carboxylic acids is 1. The fourth-order valence-corrected chi connectivity index (χ4v) is 7.73. The molecule has 0 N–H and O–H groups in total. The number of esters is 2. The molecule has 2 atom stereocenters. The number of likely N-dealkylation sites (N-methyl/N-ethyl adjacent to an activating group) is 1. The number of hydrogen-bond acceptors (Lipinski definition) is 8. The first-order valence-electron chi connectivity index (χ1n) is 31.3. The van der Waals surface area contributed by atoms with Crippen molar-refractivity contribution < 1.29 is 42.9 Å². The smallest absolute Gasteiger partial charge is 0.306 e. The van der Waals surface area contributed by atoms with Gasteiger partial charge in [-0.15, -0.1) is 0 Å². The lowest BCUT2D eigenvalue weighted by molar-refractivity contribution is -0.870. The van der Waals surface area contributed by atoms with E-state index in [4.69, 9.17) is 18.9 Å². The van der Waals surface area contributed by atoms with Gasteiger partial charge in [0.1, 0.15) is 13.2 Å². The highest BCUT2D eigenvalue weighted by molar-refractivity contribution is 5.70. The summed E-state index contributed by atoms with van der Waals surface area (Å²) < 4.78 is 22.7. The molecule has 0 aliphatic carbocycles. The summed E-state index contributed by atoms with van der Waals surface area (Å²) in [6, 6.07) is 0. The molecule has 0 aromatic rings. The zero-order chi connectivity index (χ0) is 59.1. The summed E-state index contributed by atoms with van der Waals surface area (Å²) in [4.78, 5) is 37.3. The molecule has 81 heavy (non-hydrogen) atoms. The number of nitrogens with zero attached hydrogens (tertiary/aromatic N) is 1. The molecule has 454 valence electrons. The largest absolute Gasteiger partial charge is 0.545 e. The number of carbonyl (C=O) groups is 3. The third kappa shape index (κ3) is 62.1. The molecular weight excluding hydrogens is 1010 g/mol. The number of carboxylic acid groups (broad SMARTS) is 1. The highest BCUT2D eigenvalue weighted by Crippen LogP contribution is 2.14. The van der Waals surface area contributed by atoms with Gasteiger partial charge < -0.3 is 33.3 Å². The zero-order valence-electron chi connectivity index (χ0n) is 51.6. The van der Waals surface area contributed by atoms with Gasteiger partial charge in [0.15, 0.2) is 12.4 Å². The van der Waals surface area contributed by atoms with E-state index in [1.807, 2.05) is 21.1 Å². The maximum atomic E-state index is 12.9. The molecule has 2 unspecified atom stereocenters. The lowest BCUT2D eigenvalue weighted by Gasteiger charge is -2.26. The molecule has 0 bridgehead atoms. The van der Waals surface area contributed by atoms with Crippen LogP contribution in [0.5, 0.6) is 0 Å². The number of rotatable bonds is 55. The van der Waals surface area contributed by atoms with Crippen LogP contribution in [0.1, 0.15) is 206 Å². The molecule has 0 saturated heterocycles. The van der Waals surface area contributed by atoms with E-state index in [1.54, 1.807) is 0 Å². The molecular formula is C72H113NO8. The molecule has 0 saturated carbocycles. The van der Waals surface area contributed by atoms with Gasteiger partial charge >= 0.3 is 11.9 Å². The second-order valence-electron chi connectivity index (χ2n) is 21.2. The molecule has 0 rings (SSSR count). The average Bonchev–Trinajstić information content (AvgIpc) is 3.44. The number of aliphatic carboxylic acids is 1. The van der Waals surface area contributed by atoms with Crippen LogP contribution < -0.4 is 5.11 Å². The normalized spacial score (nSPS) is 13.9. The van der Waals surface area contributed by atoms with E-state index >= 15 is 0 Å². The van der Waals surface area contributed by atoms with E-state index in [1.165, 1.54) is 25.7 Å². The predicted octanol–water partition coefficient (Wildman–Crippen LogP) is 17.8. The van der Waals surface area contributed by atoms with Gasteiger partial charge in [0.05, 0.1) is 40.3 Å². The molecule has 9 nitrogen and oxygen atoms in total. The monoisotopic (exact) mass is 1120 g/mol. The van der Waals surface area contributed by atoms with Gasteiger partial charge in [0.2, 0.25) is 0 Å². The molecule has 0 aromatic carbocycles. The van der Waals surface area contributed by atoms with Crippen molar-refractivity contribution in [2.45, 2.75) is 219 Å². The van der Waals surface area contributed by atoms with Gasteiger partial charge in [-0.3, -0.25) is 9.59 Å². The van der Waals surface area contributed by atoms with Crippen LogP contribution in [0.4, 0.5) is 0 Å². The Labute approximate surface area is 495 Å². The Morgan fingerprint density at radius 2 is 0.667 bits per heavy atom. The first kappa shape index (κ1) is 75.7. The quantitative estimate of drug-likeness (QED) is 0.0195.